The standard InChI is InChI=1S/C13H13ClN4O2/c1-3-9-4-6-10(7-5-9)17(2)13-11(18(19)20)12(14)15-8-16-13/h4-8H,3H2,1-2H3. The first-order chi connectivity index (χ1) is 9.54. The van der Waals surface area contributed by atoms with Gasteiger partial charge in [0, 0.05) is 12.7 Å². The molecule has 0 atom stereocenters. The van der Waals surface area contributed by atoms with Crippen LogP contribution in [0.3, 0.4) is 0 Å². The number of rotatable bonds is 4. The summed E-state index contributed by atoms with van der Waals surface area (Å²) in [5.74, 6) is 0.166. The van der Waals surface area contributed by atoms with Crippen molar-refractivity contribution in [2.75, 3.05) is 11.9 Å². The van der Waals surface area contributed by atoms with Gasteiger partial charge < -0.3 is 4.90 Å². The van der Waals surface area contributed by atoms with Gasteiger partial charge in [0.15, 0.2) is 0 Å². The van der Waals surface area contributed by atoms with Gasteiger partial charge in [-0.05, 0) is 24.1 Å². The molecule has 2 aromatic rings. The lowest BCUT2D eigenvalue weighted by Gasteiger charge is -2.18. The Morgan fingerprint density at radius 1 is 1.30 bits per heavy atom. The molecule has 1 heterocycles. The highest BCUT2D eigenvalue weighted by Gasteiger charge is 2.24. The van der Waals surface area contributed by atoms with E-state index in [1.807, 2.05) is 24.3 Å². The first-order valence-electron chi connectivity index (χ1n) is 6.02. The quantitative estimate of drug-likeness (QED) is 0.491. The highest BCUT2D eigenvalue weighted by atomic mass is 35.5. The van der Waals surface area contributed by atoms with Crippen LogP contribution >= 0.6 is 11.6 Å². The third-order valence-electron chi connectivity index (χ3n) is 2.99. The molecule has 0 aliphatic heterocycles. The highest BCUT2D eigenvalue weighted by Crippen LogP contribution is 2.34. The second-order valence-corrected chi connectivity index (χ2v) is 4.53. The lowest BCUT2D eigenvalue weighted by Crippen LogP contribution is -2.14. The molecule has 0 spiro atoms. The smallest absolute Gasteiger partial charge is 0.324 e. The SMILES string of the molecule is CCc1ccc(N(C)c2ncnc(Cl)c2[N+](=O)[O-])cc1. The van der Waals surface area contributed by atoms with Gasteiger partial charge in [-0.15, -0.1) is 0 Å². The predicted octanol–water partition coefficient (Wildman–Crippen LogP) is 3.37. The molecule has 0 saturated heterocycles. The number of halogens is 1. The van der Waals surface area contributed by atoms with Crippen molar-refractivity contribution in [3.8, 4) is 0 Å². The third-order valence-corrected chi connectivity index (χ3v) is 3.27. The summed E-state index contributed by atoms with van der Waals surface area (Å²) < 4.78 is 0. The Bertz CT molecular complexity index is 631. The second-order valence-electron chi connectivity index (χ2n) is 4.17. The Morgan fingerprint density at radius 3 is 2.50 bits per heavy atom. The predicted molar refractivity (Wildman–Crippen MR) is 77.6 cm³/mol. The average molecular weight is 293 g/mol. The molecule has 20 heavy (non-hydrogen) atoms. The van der Waals surface area contributed by atoms with Gasteiger partial charge in [0.2, 0.25) is 11.0 Å². The van der Waals surface area contributed by atoms with E-state index in [1.165, 1.54) is 11.9 Å². The van der Waals surface area contributed by atoms with Crippen LogP contribution in [0.5, 0.6) is 0 Å². The van der Waals surface area contributed by atoms with Crippen LogP contribution in [-0.2, 0) is 6.42 Å². The van der Waals surface area contributed by atoms with Crippen molar-refractivity contribution in [1.82, 2.24) is 9.97 Å². The third kappa shape index (κ3) is 2.70. The number of aryl methyl sites for hydroxylation is 1. The van der Waals surface area contributed by atoms with Crippen molar-refractivity contribution in [2.45, 2.75) is 13.3 Å². The molecule has 1 aromatic heterocycles. The molecule has 0 bridgehead atoms. The molecule has 0 aliphatic carbocycles. The van der Waals surface area contributed by atoms with Gasteiger partial charge in [-0.2, -0.15) is 0 Å². The lowest BCUT2D eigenvalue weighted by atomic mass is 10.1. The molecule has 7 heteroatoms. The first kappa shape index (κ1) is 14.2. The van der Waals surface area contributed by atoms with Crippen LogP contribution < -0.4 is 4.90 Å². The Labute approximate surface area is 121 Å². The number of benzene rings is 1. The Kier molecular flexibility index (Phi) is 4.14. The van der Waals surface area contributed by atoms with Crippen LogP contribution in [-0.4, -0.2) is 21.9 Å². The van der Waals surface area contributed by atoms with Crippen molar-refractivity contribution < 1.29 is 4.92 Å². The maximum atomic E-state index is 11.1. The molecule has 0 radical (unpaired) electrons. The van der Waals surface area contributed by atoms with E-state index < -0.39 is 4.92 Å². The minimum absolute atomic E-state index is 0.166. The summed E-state index contributed by atoms with van der Waals surface area (Å²) in [5, 5.41) is 10.9. The van der Waals surface area contributed by atoms with E-state index in [2.05, 4.69) is 16.9 Å². The van der Waals surface area contributed by atoms with Crippen molar-refractivity contribution in [3.05, 3.63) is 51.4 Å². The fourth-order valence-electron chi connectivity index (χ4n) is 1.83. The van der Waals surface area contributed by atoms with Crippen molar-refractivity contribution in [3.63, 3.8) is 0 Å². The minimum atomic E-state index is -0.575. The maximum Gasteiger partial charge on any atom is 0.348 e. The van der Waals surface area contributed by atoms with E-state index in [1.54, 1.807) is 11.9 Å². The largest absolute Gasteiger partial charge is 0.348 e. The van der Waals surface area contributed by atoms with E-state index in [4.69, 9.17) is 11.6 Å². The van der Waals surface area contributed by atoms with Gasteiger partial charge >= 0.3 is 5.69 Å². The van der Waals surface area contributed by atoms with E-state index >= 15 is 0 Å². The summed E-state index contributed by atoms with van der Waals surface area (Å²) in [6.07, 6.45) is 2.14. The van der Waals surface area contributed by atoms with Gasteiger partial charge in [0.25, 0.3) is 0 Å². The van der Waals surface area contributed by atoms with Crippen LogP contribution in [0, 0.1) is 10.1 Å². The van der Waals surface area contributed by atoms with Crippen LogP contribution in [0.4, 0.5) is 17.2 Å². The minimum Gasteiger partial charge on any atom is -0.324 e. The summed E-state index contributed by atoms with van der Waals surface area (Å²) in [6, 6.07) is 7.72. The maximum absolute atomic E-state index is 11.1. The molecule has 1 aromatic carbocycles. The molecule has 6 nitrogen and oxygen atoms in total. The van der Waals surface area contributed by atoms with Crippen LogP contribution in [0.2, 0.25) is 5.15 Å². The fourth-order valence-corrected chi connectivity index (χ4v) is 2.03. The summed E-state index contributed by atoms with van der Waals surface area (Å²) in [4.78, 5) is 19.8. The zero-order chi connectivity index (χ0) is 14.7. The molecular formula is C13H13ClN4O2. The van der Waals surface area contributed by atoms with Crippen molar-refractivity contribution in [1.29, 1.82) is 0 Å². The number of hydrogen-bond acceptors (Lipinski definition) is 5. The van der Waals surface area contributed by atoms with Crippen molar-refractivity contribution >= 4 is 28.8 Å². The summed E-state index contributed by atoms with van der Waals surface area (Å²) in [5.41, 5.74) is 1.69. The van der Waals surface area contributed by atoms with E-state index in [0.717, 1.165) is 12.1 Å². The molecule has 0 unspecified atom stereocenters. The van der Waals surface area contributed by atoms with E-state index in [0.29, 0.717) is 0 Å². The Balaban J connectivity index is 2.44. The van der Waals surface area contributed by atoms with Gasteiger partial charge in [0.05, 0.1) is 4.92 Å². The molecule has 0 aliphatic rings. The number of anilines is 2. The number of nitrogens with zero attached hydrogens (tertiary/aromatic N) is 4. The molecule has 0 saturated carbocycles. The fraction of sp³-hybridized carbons (Fsp3) is 0.231. The first-order valence-corrected chi connectivity index (χ1v) is 6.40. The molecule has 104 valence electrons. The number of hydrogen-bond donors (Lipinski definition) is 0. The Hall–Kier alpha value is -2.21. The van der Waals surface area contributed by atoms with Crippen LogP contribution in [0.15, 0.2) is 30.6 Å². The average Bonchev–Trinajstić information content (AvgIpc) is 2.46. The Morgan fingerprint density at radius 2 is 1.95 bits per heavy atom. The molecule has 0 amide bonds. The van der Waals surface area contributed by atoms with E-state index in [-0.39, 0.29) is 16.7 Å². The van der Waals surface area contributed by atoms with Crippen LogP contribution in [0.1, 0.15) is 12.5 Å². The van der Waals surface area contributed by atoms with Gasteiger partial charge in [0.1, 0.15) is 6.33 Å². The van der Waals surface area contributed by atoms with E-state index in [9.17, 15) is 10.1 Å². The topological polar surface area (TPSA) is 72.2 Å². The zero-order valence-electron chi connectivity index (χ0n) is 11.1. The normalized spacial score (nSPS) is 10.3. The molecule has 0 N–H and O–H groups in total. The summed E-state index contributed by atoms with van der Waals surface area (Å²) in [7, 11) is 1.70. The molecular weight excluding hydrogens is 280 g/mol. The van der Waals surface area contributed by atoms with Crippen LogP contribution in [0.25, 0.3) is 0 Å². The lowest BCUT2D eigenvalue weighted by molar-refractivity contribution is -0.384. The highest BCUT2D eigenvalue weighted by molar-refractivity contribution is 6.31. The summed E-state index contributed by atoms with van der Waals surface area (Å²) in [6.45, 7) is 2.06. The second kappa shape index (κ2) is 5.83. The molecule has 0 fully saturated rings. The number of nitro groups is 1. The monoisotopic (exact) mass is 292 g/mol. The van der Waals surface area contributed by atoms with Gasteiger partial charge in [-0.1, -0.05) is 30.7 Å². The van der Waals surface area contributed by atoms with Crippen molar-refractivity contribution in [2.24, 2.45) is 0 Å². The van der Waals surface area contributed by atoms with Gasteiger partial charge in [-0.25, -0.2) is 9.97 Å². The zero-order valence-corrected chi connectivity index (χ0v) is 11.8. The summed E-state index contributed by atoms with van der Waals surface area (Å²) >= 11 is 5.78. The number of aromatic nitrogens is 2. The van der Waals surface area contributed by atoms with Gasteiger partial charge in [-0.3, -0.25) is 10.1 Å². The molecule has 2 rings (SSSR count).